The Morgan fingerprint density at radius 1 is 1.56 bits per heavy atom. The number of nitrogens with two attached hydrogens (primary N) is 1. The van der Waals surface area contributed by atoms with Crippen molar-refractivity contribution in [1.82, 2.24) is 0 Å². The van der Waals surface area contributed by atoms with Gasteiger partial charge in [0.2, 0.25) is 0 Å². The lowest BCUT2D eigenvalue weighted by Crippen LogP contribution is -2.31. The van der Waals surface area contributed by atoms with Crippen molar-refractivity contribution in [2.75, 3.05) is 25.2 Å². The number of halogens is 1. The molecule has 1 fully saturated rings. The molecule has 0 amide bonds. The largest absolute Gasteiger partial charge is 0.384 e. The average molecular weight is 312 g/mol. The summed E-state index contributed by atoms with van der Waals surface area (Å²) >= 11 is 3.47. The summed E-state index contributed by atoms with van der Waals surface area (Å²) in [5.41, 5.74) is 7.50. The molecule has 0 saturated heterocycles. The van der Waals surface area contributed by atoms with Crippen molar-refractivity contribution in [3.63, 3.8) is 0 Å². The first-order valence-electron chi connectivity index (χ1n) is 6.03. The molecule has 1 aromatic rings. The Kier molecular flexibility index (Phi) is 4.24. The maximum Gasteiger partial charge on any atom is 0.126 e. The van der Waals surface area contributed by atoms with Gasteiger partial charge in [-0.25, -0.2) is 0 Å². The number of anilines is 1. The standard InChI is InChI=1S/C13H18BrN3O/c1-18-8-7-17(9-5-6-9)11-4-2-3-10(14)12(11)13(15)16/h2-4,9H,5-8H2,1H3,(H3,15,16). The Morgan fingerprint density at radius 3 is 2.83 bits per heavy atom. The molecule has 0 radical (unpaired) electrons. The van der Waals surface area contributed by atoms with E-state index in [1.165, 1.54) is 12.8 Å². The topological polar surface area (TPSA) is 62.3 Å². The monoisotopic (exact) mass is 311 g/mol. The summed E-state index contributed by atoms with van der Waals surface area (Å²) in [6.45, 7) is 1.51. The molecule has 2 rings (SSSR count). The Labute approximate surface area is 116 Å². The molecule has 0 unspecified atom stereocenters. The zero-order valence-electron chi connectivity index (χ0n) is 10.4. The maximum absolute atomic E-state index is 7.74. The van der Waals surface area contributed by atoms with Crippen LogP contribution in [0.5, 0.6) is 0 Å². The van der Waals surface area contributed by atoms with Crippen molar-refractivity contribution in [2.24, 2.45) is 5.73 Å². The summed E-state index contributed by atoms with van der Waals surface area (Å²) in [5, 5.41) is 7.74. The molecule has 1 saturated carbocycles. The van der Waals surface area contributed by atoms with E-state index in [1.807, 2.05) is 18.2 Å². The number of amidine groups is 1. The van der Waals surface area contributed by atoms with E-state index in [4.69, 9.17) is 15.9 Å². The van der Waals surface area contributed by atoms with Gasteiger partial charge in [-0.3, -0.25) is 5.41 Å². The van der Waals surface area contributed by atoms with Gasteiger partial charge in [-0.05, 0) is 40.9 Å². The van der Waals surface area contributed by atoms with E-state index in [1.54, 1.807) is 7.11 Å². The van der Waals surface area contributed by atoms with Gasteiger partial charge < -0.3 is 15.4 Å². The van der Waals surface area contributed by atoms with Crippen LogP contribution in [0.4, 0.5) is 5.69 Å². The van der Waals surface area contributed by atoms with Crippen LogP contribution in [-0.4, -0.2) is 32.1 Å². The fourth-order valence-corrected chi connectivity index (χ4v) is 2.66. The lowest BCUT2D eigenvalue weighted by atomic mass is 10.1. The first-order chi connectivity index (χ1) is 8.65. The van der Waals surface area contributed by atoms with Crippen molar-refractivity contribution >= 4 is 27.5 Å². The molecular formula is C13H18BrN3O. The van der Waals surface area contributed by atoms with Crippen LogP contribution in [0.15, 0.2) is 22.7 Å². The highest BCUT2D eigenvalue weighted by molar-refractivity contribution is 9.10. The molecule has 4 nitrogen and oxygen atoms in total. The number of nitrogen functional groups attached to an aromatic ring is 1. The number of hydrogen-bond donors (Lipinski definition) is 2. The van der Waals surface area contributed by atoms with E-state index in [9.17, 15) is 0 Å². The smallest absolute Gasteiger partial charge is 0.126 e. The highest BCUT2D eigenvalue weighted by Gasteiger charge is 2.30. The number of nitrogens with one attached hydrogen (secondary N) is 1. The van der Waals surface area contributed by atoms with Crippen LogP contribution in [0.1, 0.15) is 18.4 Å². The number of nitrogens with zero attached hydrogens (tertiary/aromatic N) is 1. The minimum Gasteiger partial charge on any atom is -0.384 e. The van der Waals surface area contributed by atoms with Crippen molar-refractivity contribution in [3.8, 4) is 0 Å². The zero-order valence-corrected chi connectivity index (χ0v) is 12.0. The number of methoxy groups -OCH3 is 1. The molecule has 0 aliphatic heterocycles. The van der Waals surface area contributed by atoms with E-state index in [2.05, 4.69) is 20.8 Å². The van der Waals surface area contributed by atoms with Gasteiger partial charge in [-0.1, -0.05) is 6.07 Å². The van der Waals surface area contributed by atoms with E-state index >= 15 is 0 Å². The molecule has 0 spiro atoms. The normalized spacial score (nSPS) is 14.6. The molecule has 98 valence electrons. The molecule has 0 bridgehead atoms. The number of ether oxygens (including phenoxy) is 1. The Bertz CT molecular complexity index is 446. The van der Waals surface area contributed by atoms with Gasteiger partial charge >= 0.3 is 0 Å². The van der Waals surface area contributed by atoms with Gasteiger partial charge in [-0.15, -0.1) is 0 Å². The minimum absolute atomic E-state index is 0.0977. The second-order valence-electron chi connectivity index (χ2n) is 4.47. The second kappa shape index (κ2) is 5.71. The van der Waals surface area contributed by atoms with Gasteiger partial charge in [-0.2, -0.15) is 0 Å². The van der Waals surface area contributed by atoms with Crippen molar-refractivity contribution < 1.29 is 4.74 Å². The van der Waals surface area contributed by atoms with Gasteiger partial charge in [0, 0.05) is 29.9 Å². The quantitative estimate of drug-likeness (QED) is 0.626. The predicted octanol–water partition coefficient (Wildman–Crippen LogP) is 2.35. The molecular weight excluding hydrogens is 294 g/mol. The van der Waals surface area contributed by atoms with E-state index in [0.717, 1.165) is 22.3 Å². The van der Waals surface area contributed by atoms with Crippen molar-refractivity contribution in [2.45, 2.75) is 18.9 Å². The molecule has 0 aromatic heterocycles. The van der Waals surface area contributed by atoms with Gasteiger partial charge in [0.1, 0.15) is 5.84 Å². The van der Waals surface area contributed by atoms with E-state index < -0.39 is 0 Å². The summed E-state index contributed by atoms with van der Waals surface area (Å²) in [7, 11) is 1.71. The van der Waals surface area contributed by atoms with Crippen LogP contribution < -0.4 is 10.6 Å². The van der Waals surface area contributed by atoms with Crippen LogP contribution >= 0.6 is 15.9 Å². The first kappa shape index (κ1) is 13.4. The van der Waals surface area contributed by atoms with E-state index in [-0.39, 0.29) is 5.84 Å². The molecule has 3 N–H and O–H groups in total. The Balaban J connectivity index is 2.34. The summed E-state index contributed by atoms with van der Waals surface area (Å²) in [4.78, 5) is 2.30. The molecule has 1 aromatic carbocycles. The lowest BCUT2D eigenvalue weighted by molar-refractivity contribution is 0.205. The van der Waals surface area contributed by atoms with Crippen molar-refractivity contribution in [1.29, 1.82) is 5.41 Å². The van der Waals surface area contributed by atoms with Crippen LogP contribution in [0.2, 0.25) is 0 Å². The second-order valence-corrected chi connectivity index (χ2v) is 5.32. The van der Waals surface area contributed by atoms with Crippen molar-refractivity contribution in [3.05, 3.63) is 28.2 Å². The summed E-state index contributed by atoms with van der Waals surface area (Å²) in [6, 6.07) is 6.48. The SMILES string of the molecule is COCCN(c1cccc(Br)c1C(=N)N)C1CC1. The lowest BCUT2D eigenvalue weighted by Gasteiger charge is -2.27. The number of benzene rings is 1. The zero-order chi connectivity index (χ0) is 13.1. The fourth-order valence-electron chi connectivity index (χ4n) is 2.09. The fraction of sp³-hybridized carbons (Fsp3) is 0.462. The van der Waals surface area contributed by atoms with Crippen LogP contribution in [0.25, 0.3) is 0 Å². The third-order valence-corrected chi connectivity index (χ3v) is 3.76. The summed E-state index contributed by atoms with van der Waals surface area (Å²) in [5.74, 6) is 0.0977. The third-order valence-electron chi connectivity index (χ3n) is 3.09. The highest BCUT2D eigenvalue weighted by Crippen LogP contribution is 2.35. The van der Waals surface area contributed by atoms with Gasteiger partial charge in [0.15, 0.2) is 0 Å². The molecule has 1 aliphatic carbocycles. The predicted molar refractivity (Wildman–Crippen MR) is 77.4 cm³/mol. The molecule has 0 atom stereocenters. The maximum atomic E-state index is 7.74. The van der Waals surface area contributed by atoms with Crippen LogP contribution in [0.3, 0.4) is 0 Å². The Morgan fingerprint density at radius 2 is 2.28 bits per heavy atom. The van der Waals surface area contributed by atoms with Crippen LogP contribution in [-0.2, 0) is 4.74 Å². The van der Waals surface area contributed by atoms with E-state index in [0.29, 0.717) is 12.6 Å². The summed E-state index contributed by atoms with van der Waals surface area (Å²) in [6.07, 6.45) is 2.40. The van der Waals surface area contributed by atoms with Gasteiger partial charge in [0.05, 0.1) is 12.2 Å². The summed E-state index contributed by atoms with van der Waals surface area (Å²) < 4.78 is 6.03. The molecule has 18 heavy (non-hydrogen) atoms. The van der Waals surface area contributed by atoms with Crippen LogP contribution in [0, 0.1) is 5.41 Å². The molecule has 1 aliphatic rings. The van der Waals surface area contributed by atoms with Gasteiger partial charge in [0.25, 0.3) is 0 Å². The Hall–Kier alpha value is -1.07. The molecule has 5 heteroatoms. The number of rotatable bonds is 6. The molecule has 0 heterocycles. The minimum atomic E-state index is 0.0977. The first-order valence-corrected chi connectivity index (χ1v) is 6.83. The number of hydrogen-bond acceptors (Lipinski definition) is 3. The average Bonchev–Trinajstić information content (AvgIpc) is 3.13. The highest BCUT2D eigenvalue weighted by atomic mass is 79.9. The third kappa shape index (κ3) is 2.84.